The van der Waals surface area contributed by atoms with Crippen molar-refractivity contribution in [1.29, 1.82) is 0 Å². The van der Waals surface area contributed by atoms with Crippen LogP contribution in [0.1, 0.15) is 50.4 Å². The summed E-state index contributed by atoms with van der Waals surface area (Å²) in [4.78, 5) is 40.7. The molecule has 1 aromatic carbocycles. The molecule has 9 bridgehead atoms. The lowest BCUT2D eigenvalue weighted by Gasteiger charge is -2.66. The number of ether oxygens (including phenoxy) is 3. The molecule has 0 amide bonds. The molecule has 2 unspecified atom stereocenters. The molecule has 1 aromatic rings. The van der Waals surface area contributed by atoms with E-state index >= 15 is 0 Å². The van der Waals surface area contributed by atoms with Crippen molar-refractivity contribution in [2.24, 2.45) is 39.9 Å². The van der Waals surface area contributed by atoms with Crippen LogP contribution in [0.25, 0.3) is 0 Å². The minimum atomic E-state index is -0.682. The van der Waals surface area contributed by atoms with Gasteiger partial charge < -0.3 is 19.3 Å². The molecule has 0 aromatic heterocycles. The Labute approximate surface area is 227 Å². The zero-order chi connectivity index (χ0) is 27.2. The number of aliphatic hydroxyl groups is 1. The smallest absolute Gasteiger partial charge is 0.338 e. The number of carbonyl (C=O) groups is 3. The maximum atomic E-state index is 13.4. The summed E-state index contributed by atoms with van der Waals surface area (Å²) >= 11 is 0. The third-order valence-electron chi connectivity index (χ3n) is 12.2. The standard InChI is InChI=1S/C31H35NO7/c1-14-10-30-11-18-24-29(4)13-32(18)26-21(30)23(37-15(2)33)20(14)22(35)25(30)31(24,26)12-19(27(29)38-16(3)34)39-28(36)17-8-6-5-7-9-17/h5-9,18-27,35H,1,10-13H2,2-4H3/t18-,19-,20+,21+,22-,23-,24+,25+,26+,27+,29?,30-,31-/m0/s1. The van der Waals surface area contributed by atoms with Gasteiger partial charge in [0.05, 0.1) is 11.7 Å². The zero-order valence-corrected chi connectivity index (χ0v) is 22.5. The van der Waals surface area contributed by atoms with E-state index in [1.807, 2.05) is 6.07 Å². The van der Waals surface area contributed by atoms with Crippen molar-refractivity contribution in [3.05, 3.63) is 48.0 Å². The first-order chi connectivity index (χ1) is 18.5. The van der Waals surface area contributed by atoms with Crippen LogP contribution in [0.5, 0.6) is 0 Å². The summed E-state index contributed by atoms with van der Waals surface area (Å²) in [5.41, 5.74) is 0.496. The highest BCUT2D eigenvalue weighted by Gasteiger charge is 2.92. The van der Waals surface area contributed by atoms with Gasteiger partial charge >= 0.3 is 17.9 Å². The van der Waals surface area contributed by atoms with Crippen molar-refractivity contribution in [3.8, 4) is 0 Å². The van der Waals surface area contributed by atoms with Crippen LogP contribution in [0.2, 0.25) is 0 Å². The molecule has 206 valence electrons. The molecular weight excluding hydrogens is 498 g/mol. The highest BCUT2D eigenvalue weighted by atomic mass is 16.6. The van der Waals surface area contributed by atoms with Gasteiger partial charge in [0, 0.05) is 55.1 Å². The Balaban J connectivity index is 1.27. The van der Waals surface area contributed by atoms with Gasteiger partial charge in [-0.2, -0.15) is 0 Å². The lowest BCUT2D eigenvalue weighted by Crippen LogP contribution is -2.70. The summed E-state index contributed by atoms with van der Waals surface area (Å²) in [6.07, 6.45) is -0.0105. The maximum Gasteiger partial charge on any atom is 0.338 e. The van der Waals surface area contributed by atoms with E-state index in [-0.39, 0.29) is 52.5 Å². The summed E-state index contributed by atoms with van der Waals surface area (Å²) in [6, 6.07) is 9.33. The van der Waals surface area contributed by atoms with Gasteiger partial charge in [0.2, 0.25) is 0 Å². The number of fused-ring (bicyclic) bond motifs is 1. The molecule has 6 saturated carbocycles. The van der Waals surface area contributed by atoms with Crippen LogP contribution >= 0.6 is 0 Å². The van der Waals surface area contributed by atoms with Gasteiger partial charge in [-0.15, -0.1) is 0 Å². The summed E-state index contributed by atoms with van der Waals surface area (Å²) in [6.45, 7) is 10.1. The second kappa shape index (κ2) is 7.32. The van der Waals surface area contributed by atoms with Gasteiger partial charge in [-0.1, -0.05) is 37.3 Å². The highest BCUT2D eigenvalue weighted by Crippen LogP contribution is 2.87. The average molecular weight is 534 g/mol. The van der Waals surface area contributed by atoms with E-state index in [0.29, 0.717) is 18.0 Å². The number of carbonyl (C=O) groups excluding carboxylic acids is 3. The average Bonchev–Trinajstić information content (AvgIpc) is 3.31. The largest absolute Gasteiger partial charge is 0.461 e. The molecule has 8 nitrogen and oxygen atoms in total. The highest BCUT2D eigenvalue weighted by molar-refractivity contribution is 5.89. The number of rotatable bonds is 4. The van der Waals surface area contributed by atoms with Crippen LogP contribution < -0.4 is 0 Å². The summed E-state index contributed by atoms with van der Waals surface area (Å²) in [5.74, 6) is -1.14. The zero-order valence-electron chi connectivity index (χ0n) is 22.5. The Bertz CT molecular complexity index is 1330. The molecule has 14 atom stereocenters. The van der Waals surface area contributed by atoms with Crippen LogP contribution in [0, 0.1) is 39.9 Å². The Kier molecular flexibility index (Phi) is 4.53. The van der Waals surface area contributed by atoms with Gasteiger partial charge in [0.25, 0.3) is 0 Å². The first-order valence-electron chi connectivity index (χ1n) is 14.3. The van der Waals surface area contributed by atoms with Crippen molar-refractivity contribution >= 4 is 17.9 Å². The van der Waals surface area contributed by atoms with Gasteiger partial charge in [0.1, 0.15) is 18.3 Å². The van der Waals surface area contributed by atoms with Crippen LogP contribution in [0.4, 0.5) is 0 Å². The van der Waals surface area contributed by atoms with E-state index < -0.39 is 35.8 Å². The SMILES string of the molecule is C=C1C[C@]23C[C@H]4[C@@H]5C6(C)CN4[C@@H]4[C@H]2[C@@H](OC(C)=O)[C@H]1[C@H](O)[C@H]3[C@]54C[C@H](OC(=O)c1ccccc1)[C@H]6OC(C)=O. The summed E-state index contributed by atoms with van der Waals surface area (Å²) in [5, 5.41) is 12.1. The molecule has 6 aliphatic carbocycles. The number of hydrogen-bond donors (Lipinski definition) is 1. The molecule has 8 heteroatoms. The Hall–Kier alpha value is -2.71. The van der Waals surface area contributed by atoms with Crippen molar-refractivity contribution in [2.75, 3.05) is 6.54 Å². The monoisotopic (exact) mass is 533 g/mol. The van der Waals surface area contributed by atoms with Crippen LogP contribution in [-0.2, 0) is 23.8 Å². The molecule has 0 radical (unpaired) electrons. The van der Waals surface area contributed by atoms with Gasteiger partial charge in [-0.05, 0) is 48.6 Å². The number of hydrogen-bond acceptors (Lipinski definition) is 8. The van der Waals surface area contributed by atoms with Crippen LogP contribution in [-0.4, -0.2) is 71.0 Å². The molecule has 1 N–H and O–H groups in total. The van der Waals surface area contributed by atoms with Crippen molar-refractivity contribution in [1.82, 2.24) is 4.90 Å². The molecule has 3 saturated heterocycles. The molecular formula is C31H35NO7. The third kappa shape index (κ3) is 2.57. The minimum absolute atomic E-state index is 0.00983. The van der Waals surface area contributed by atoms with Crippen LogP contribution in [0.3, 0.4) is 0 Å². The molecule has 3 heterocycles. The fraction of sp³-hybridized carbons (Fsp3) is 0.645. The lowest BCUT2D eigenvalue weighted by molar-refractivity contribution is -0.239. The number of piperidine rings is 2. The number of aliphatic hydroxyl groups excluding tert-OH is 1. The van der Waals surface area contributed by atoms with E-state index in [2.05, 4.69) is 18.4 Å². The fourth-order valence-corrected chi connectivity index (χ4v) is 12.1. The second-order valence-corrected chi connectivity index (χ2v) is 13.7. The fourth-order valence-electron chi connectivity index (χ4n) is 12.1. The summed E-state index contributed by atoms with van der Waals surface area (Å²) < 4.78 is 18.3. The minimum Gasteiger partial charge on any atom is -0.461 e. The molecule has 9 aliphatic rings. The number of benzene rings is 1. The quantitative estimate of drug-likeness (QED) is 0.358. The van der Waals surface area contributed by atoms with Gasteiger partial charge in [-0.3, -0.25) is 14.5 Å². The first-order valence-corrected chi connectivity index (χ1v) is 14.3. The number of esters is 3. The maximum absolute atomic E-state index is 13.4. The van der Waals surface area contributed by atoms with Gasteiger partial charge in [0.15, 0.2) is 0 Å². The lowest BCUT2D eigenvalue weighted by atomic mass is 9.39. The van der Waals surface area contributed by atoms with E-state index in [1.165, 1.54) is 13.8 Å². The van der Waals surface area contributed by atoms with Crippen molar-refractivity contribution in [3.63, 3.8) is 0 Å². The second-order valence-electron chi connectivity index (χ2n) is 13.7. The predicted molar refractivity (Wildman–Crippen MR) is 137 cm³/mol. The molecule has 9 fully saturated rings. The Morgan fingerprint density at radius 2 is 1.74 bits per heavy atom. The number of nitrogens with zero attached hydrogens (tertiary/aromatic N) is 1. The van der Waals surface area contributed by atoms with E-state index in [0.717, 1.165) is 25.0 Å². The molecule has 3 aliphatic heterocycles. The Morgan fingerprint density at radius 3 is 2.44 bits per heavy atom. The third-order valence-corrected chi connectivity index (χ3v) is 12.2. The van der Waals surface area contributed by atoms with Crippen molar-refractivity contribution < 1.29 is 33.7 Å². The van der Waals surface area contributed by atoms with E-state index in [9.17, 15) is 19.5 Å². The van der Waals surface area contributed by atoms with E-state index in [4.69, 9.17) is 14.2 Å². The Morgan fingerprint density at radius 1 is 1.03 bits per heavy atom. The normalized spacial score (nSPS) is 52.6. The molecule has 2 spiro atoms. The summed E-state index contributed by atoms with van der Waals surface area (Å²) in [7, 11) is 0. The van der Waals surface area contributed by atoms with Crippen LogP contribution in [0.15, 0.2) is 42.5 Å². The van der Waals surface area contributed by atoms with Gasteiger partial charge in [-0.25, -0.2) is 4.79 Å². The molecule has 39 heavy (non-hydrogen) atoms. The van der Waals surface area contributed by atoms with E-state index in [1.54, 1.807) is 24.3 Å². The van der Waals surface area contributed by atoms with Crippen molar-refractivity contribution in [2.45, 2.75) is 76.5 Å². The molecule has 10 rings (SSSR count). The topological polar surface area (TPSA) is 102 Å². The first kappa shape index (κ1) is 24.1. The predicted octanol–water partition coefficient (Wildman–Crippen LogP) is 2.74.